The van der Waals surface area contributed by atoms with Crippen molar-refractivity contribution >= 4 is 50.2 Å². The molecule has 0 unspecified atom stereocenters. The first-order chi connectivity index (χ1) is 62.2. The van der Waals surface area contributed by atoms with Crippen LogP contribution in [0.4, 0.5) is 0 Å². The lowest BCUT2D eigenvalue weighted by Crippen LogP contribution is -2.14. The molecule has 0 bridgehead atoms. The van der Waals surface area contributed by atoms with E-state index in [4.69, 9.17) is 28.4 Å². The summed E-state index contributed by atoms with van der Waals surface area (Å²) in [4.78, 5) is 41.0. The SMILES string of the molecule is CCCCCCCCc1ccc(-c2ccc3cc(OCCCCCCCCCCCCOC(=O)c4cc(C(=O)OCCCCCCCCCCCCOc5ccc6cc(-c7ccc(CCCCCCCC)cc7)ccc6c5)cc(C(=O)OCCCCCCCCCCCCOc5ccc6cc(-c7ccc(CCCCCCCC)cc7)ccc6c5)c4)ccc3c2)cc1. The Morgan fingerprint density at radius 3 is 0.611 bits per heavy atom. The van der Waals surface area contributed by atoms with Crippen LogP contribution in [0.25, 0.3) is 65.7 Å². The first-order valence-electron chi connectivity index (χ1n) is 50.6. The molecule has 10 rings (SSSR count). The highest BCUT2D eigenvalue weighted by Crippen LogP contribution is 2.33. The molecule has 10 aromatic rings. The van der Waals surface area contributed by atoms with Gasteiger partial charge in [-0.25, -0.2) is 14.4 Å². The highest BCUT2D eigenvalue weighted by atomic mass is 16.5. The van der Waals surface area contributed by atoms with Crippen molar-refractivity contribution in [1.29, 1.82) is 0 Å². The molecule has 10 aromatic carbocycles. The maximum absolute atomic E-state index is 13.7. The number of hydrogen-bond donors (Lipinski definition) is 0. The average molecular weight is 1710 g/mol. The van der Waals surface area contributed by atoms with Gasteiger partial charge in [-0.05, 0) is 232 Å². The summed E-state index contributed by atoms with van der Waals surface area (Å²) in [5.74, 6) is 1.13. The largest absolute Gasteiger partial charge is 0.494 e. The Kier molecular flexibility index (Phi) is 47.5. The average Bonchev–Trinajstić information content (AvgIpc) is 0.819. The van der Waals surface area contributed by atoms with Crippen molar-refractivity contribution < 1.29 is 42.8 Å². The molecule has 0 aliphatic heterocycles. The summed E-state index contributed by atoms with van der Waals surface area (Å²) < 4.78 is 36.0. The van der Waals surface area contributed by atoms with E-state index in [9.17, 15) is 14.4 Å². The number of ether oxygens (including phenoxy) is 6. The van der Waals surface area contributed by atoms with Gasteiger partial charge in [0.05, 0.1) is 56.3 Å². The maximum Gasteiger partial charge on any atom is 0.338 e. The van der Waals surface area contributed by atoms with Crippen LogP contribution >= 0.6 is 0 Å². The zero-order chi connectivity index (χ0) is 87.7. The second-order valence-electron chi connectivity index (χ2n) is 36.2. The van der Waals surface area contributed by atoms with Gasteiger partial charge in [0, 0.05) is 0 Å². The Labute approximate surface area is 760 Å². The van der Waals surface area contributed by atoms with Crippen molar-refractivity contribution in [2.45, 2.75) is 348 Å². The summed E-state index contributed by atoms with van der Waals surface area (Å²) in [7, 11) is 0. The van der Waals surface area contributed by atoms with E-state index < -0.39 is 17.9 Å². The molecule has 126 heavy (non-hydrogen) atoms. The van der Waals surface area contributed by atoms with Crippen LogP contribution in [0, 0.1) is 0 Å². The van der Waals surface area contributed by atoms with Crippen molar-refractivity contribution in [3.05, 3.63) is 234 Å². The fourth-order valence-corrected chi connectivity index (χ4v) is 17.6. The quantitative estimate of drug-likeness (QED) is 0.0209. The Bertz CT molecular complexity index is 4190. The highest BCUT2D eigenvalue weighted by molar-refractivity contribution is 6.00. The Balaban J connectivity index is 0.566. The molecule has 0 radical (unpaired) electrons. The number of unbranched alkanes of at least 4 members (excludes halogenated alkanes) is 42. The van der Waals surface area contributed by atoms with E-state index in [2.05, 4.69) is 203 Å². The number of hydrogen-bond acceptors (Lipinski definition) is 9. The number of carbonyl (C=O) groups excluding carboxylic acids is 3. The smallest absolute Gasteiger partial charge is 0.338 e. The second kappa shape index (κ2) is 60.5. The lowest BCUT2D eigenvalue weighted by molar-refractivity contribution is 0.0494. The molecule has 0 saturated heterocycles. The minimum Gasteiger partial charge on any atom is -0.494 e. The van der Waals surface area contributed by atoms with Crippen LogP contribution < -0.4 is 14.2 Å². The first-order valence-corrected chi connectivity index (χ1v) is 50.6. The van der Waals surface area contributed by atoms with Gasteiger partial charge in [-0.2, -0.15) is 0 Å². The monoisotopic (exact) mass is 1710 g/mol. The van der Waals surface area contributed by atoms with Crippen LogP contribution in [-0.4, -0.2) is 57.5 Å². The summed E-state index contributed by atoms with van der Waals surface area (Å²) in [6.45, 7) is 9.82. The first kappa shape index (κ1) is 99.0. The molecule has 0 N–H and O–H groups in total. The molecule has 9 heteroatoms. The second-order valence-corrected chi connectivity index (χ2v) is 36.2. The van der Waals surface area contributed by atoms with Gasteiger partial charge in [0.2, 0.25) is 0 Å². The molecule has 0 aliphatic carbocycles. The summed E-state index contributed by atoms with van der Waals surface area (Å²) >= 11 is 0. The van der Waals surface area contributed by atoms with Gasteiger partial charge in [0.25, 0.3) is 0 Å². The molecular weight excluding hydrogens is 1550 g/mol. The molecule has 0 saturated carbocycles. The van der Waals surface area contributed by atoms with Gasteiger partial charge in [0.1, 0.15) is 17.2 Å². The Morgan fingerprint density at radius 1 is 0.183 bits per heavy atom. The fraction of sp³-hybridized carbons (Fsp3) is 0.513. The zero-order valence-corrected chi connectivity index (χ0v) is 78.0. The number of carbonyl (C=O) groups is 3. The molecule has 9 nitrogen and oxygen atoms in total. The van der Waals surface area contributed by atoms with Crippen LogP contribution in [0.1, 0.15) is 377 Å². The van der Waals surface area contributed by atoms with E-state index in [-0.39, 0.29) is 36.5 Å². The number of rotatable bonds is 69. The number of benzene rings is 10. The molecule has 0 spiro atoms. The van der Waals surface area contributed by atoms with Crippen molar-refractivity contribution in [2.24, 2.45) is 0 Å². The molecule has 678 valence electrons. The van der Waals surface area contributed by atoms with Gasteiger partial charge in [-0.3, -0.25) is 0 Å². The van der Waals surface area contributed by atoms with E-state index in [1.54, 1.807) is 0 Å². The lowest BCUT2D eigenvalue weighted by atomic mass is 9.98. The van der Waals surface area contributed by atoms with Crippen LogP contribution in [0.5, 0.6) is 17.2 Å². The number of aryl methyl sites for hydroxylation is 3. The maximum atomic E-state index is 13.7. The fourth-order valence-electron chi connectivity index (χ4n) is 17.6. The van der Waals surface area contributed by atoms with Crippen molar-refractivity contribution in [2.75, 3.05) is 39.6 Å². The zero-order valence-electron chi connectivity index (χ0n) is 78.0. The summed E-state index contributed by atoms with van der Waals surface area (Å²) in [6, 6.07) is 71.6. The summed E-state index contributed by atoms with van der Waals surface area (Å²) in [5, 5.41) is 7.31. The third-order valence-corrected chi connectivity index (χ3v) is 25.5. The van der Waals surface area contributed by atoms with Gasteiger partial charge >= 0.3 is 17.9 Å². The predicted molar refractivity (Wildman–Crippen MR) is 532 cm³/mol. The van der Waals surface area contributed by atoms with E-state index in [1.165, 1.54) is 293 Å². The third-order valence-electron chi connectivity index (χ3n) is 25.5. The molecular formula is C117H156O9. The van der Waals surface area contributed by atoms with Gasteiger partial charge in [-0.15, -0.1) is 0 Å². The highest BCUT2D eigenvalue weighted by Gasteiger charge is 2.20. The van der Waals surface area contributed by atoms with Crippen LogP contribution in [-0.2, 0) is 33.5 Å². The molecule has 0 atom stereocenters. The van der Waals surface area contributed by atoms with E-state index >= 15 is 0 Å². The molecule has 0 fully saturated rings. The van der Waals surface area contributed by atoms with E-state index in [0.717, 1.165) is 172 Å². The normalized spacial score (nSPS) is 11.5. The predicted octanol–water partition coefficient (Wildman–Crippen LogP) is 34.3. The van der Waals surface area contributed by atoms with Crippen LogP contribution in [0.15, 0.2) is 200 Å². The van der Waals surface area contributed by atoms with Crippen molar-refractivity contribution in [1.82, 2.24) is 0 Å². The number of esters is 3. The van der Waals surface area contributed by atoms with Crippen molar-refractivity contribution in [3.8, 4) is 50.6 Å². The molecule has 0 amide bonds. The van der Waals surface area contributed by atoms with E-state index in [1.807, 2.05) is 0 Å². The molecule has 0 aromatic heterocycles. The molecule has 0 aliphatic rings. The van der Waals surface area contributed by atoms with Crippen LogP contribution in [0.3, 0.4) is 0 Å². The van der Waals surface area contributed by atoms with Crippen molar-refractivity contribution in [3.63, 3.8) is 0 Å². The minimum atomic E-state index is -0.558. The van der Waals surface area contributed by atoms with Crippen LogP contribution in [0.2, 0.25) is 0 Å². The van der Waals surface area contributed by atoms with Gasteiger partial charge in [0.15, 0.2) is 0 Å². The van der Waals surface area contributed by atoms with E-state index in [0.29, 0.717) is 0 Å². The standard InChI is InChI=1S/C117H156O9/c1-4-7-10-13-34-43-52-94-55-61-97(62-56-94)100-67-70-106-91-112(76-73-103(106)85-100)121-79-46-37-28-22-16-19-25-31-40-49-82-124-115(118)109-88-110(116(119)125-83-50-41-32-26-20-17-23-29-38-47-80-122-113-77-74-104-86-101(68-71-107(104)92-113)98-63-57-95(58-64-98)53-44-35-14-11-8-5-2)90-111(89-109)117(120)126-84-51-42-33-27-21-18-24-30-39-48-81-123-114-78-75-105-87-102(69-72-108(105)93-114)99-65-59-96(60-66-99)54-45-36-15-12-9-6-3/h55-78,85-93H,4-54,79-84H2,1-3H3. The van der Waals surface area contributed by atoms with Gasteiger partial charge < -0.3 is 28.4 Å². The molecule has 0 heterocycles. The minimum absolute atomic E-state index is 0.152. The Morgan fingerprint density at radius 2 is 0.373 bits per heavy atom. The topological polar surface area (TPSA) is 107 Å². The summed E-state index contributed by atoms with van der Waals surface area (Å²) in [6.07, 6.45) is 60.3. The van der Waals surface area contributed by atoms with Gasteiger partial charge in [-0.1, -0.05) is 399 Å². The lowest BCUT2D eigenvalue weighted by Gasteiger charge is -2.11. The number of fused-ring (bicyclic) bond motifs is 3. The Hall–Kier alpha value is -9.21. The third kappa shape index (κ3) is 38.0. The summed E-state index contributed by atoms with van der Waals surface area (Å²) in [5.41, 5.74) is 12.3.